The molecule has 0 saturated carbocycles. The van der Waals surface area contributed by atoms with Crippen molar-refractivity contribution in [2.45, 2.75) is 39.2 Å². The topological polar surface area (TPSA) is 57.9 Å². The monoisotopic (exact) mass is 346 g/mol. The lowest BCUT2D eigenvalue weighted by atomic mass is 10.0. The summed E-state index contributed by atoms with van der Waals surface area (Å²) in [4.78, 5) is 32.7. The number of imidazole rings is 1. The van der Waals surface area contributed by atoms with Crippen LogP contribution in [0.1, 0.15) is 42.2 Å². The van der Waals surface area contributed by atoms with Crippen LogP contribution in [-0.4, -0.2) is 57.2 Å². The van der Waals surface area contributed by atoms with Crippen LogP contribution >= 0.6 is 0 Å². The van der Waals surface area contributed by atoms with Gasteiger partial charge < -0.3 is 9.80 Å². The predicted molar refractivity (Wildman–Crippen MR) is 91.9 cm³/mol. The number of rotatable bonds is 4. The van der Waals surface area contributed by atoms with Gasteiger partial charge in [0.1, 0.15) is 11.7 Å². The highest BCUT2D eigenvalue weighted by atomic mass is 19.1. The number of hydrogen-bond acceptors (Lipinski definition) is 3. The molecule has 1 fully saturated rings. The molecule has 3 rings (SSSR count). The van der Waals surface area contributed by atoms with E-state index in [1.54, 1.807) is 24.2 Å². The molecule has 0 N–H and O–H groups in total. The normalized spacial score (nSPS) is 18.2. The highest BCUT2D eigenvalue weighted by molar-refractivity contribution is 5.97. The van der Waals surface area contributed by atoms with E-state index in [1.807, 2.05) is 19.9 Å². The van der Waals surface area contributed by atoms with E-state index in [9.17, 15) is 14.0 Å². The zero-order chi connectivity index (χ0) is 18.1. The van der Waals surface area contributed by atoms with Crippen molar-refractivity contribution >= 4 is 17.5 Å². The minimum atomic E-state index is -0.677. The van der Waals surface area contributed by atoms with E-state index in [0.29, 0.717) is 25.2 Å². The number of carbonyl (C=O) groups is 2. The van der Waals surface area contributed by atoms with Crippen molar-refractivity contribution in [1.29, 1.82) is 0 Å². The second-order valence-corrected chi connectivity index (χ2v) is 6.60. The molecule has 6 nitrogen and oxygen atoms in total. The largest absolute Gasteiger partial charge is 0.342 e. The maximum atomic E-state index is 14.7. The van der Waals surface area contributed by atoms with Gasteiger partial charge >= 0.3 is 0 Å². The summed E-state index contributed by atoms with van der Waals surface area (Å²) in [6.45, 7) is 4.72. The van der Waals surface area contributed by atoms with Gasteiger partial charge in [0.15, 0.2) is 5.69 Å². The molecule has 25 heavy (non-hydrogen) atoms. The van der Waals surface area contributed by atoms with Crippen molar-refractivity contribution < 1.29 is 14.0 Å². The molecule has 1 aliphatic heterocycles. The molecule has 0 aromatic carbocycles. The molecule has 2 aromatic heterocycles. The van der Waals surface area contributed by atoms with Crippen molar-refractivity contribution in [3.8, 4) is 0 Å². The fourth-order valence-corrected chi connectivity index (χ4v) is 3.23. The standard InChI is InChI=1S/C18H23FN4O2/c1-4-5-6-13-17(24)21(3)9-10-22(13)18(25)15-16(19)23-11-12(2)7-8-14(23)20-15/h7-8,11,13H,4-6,9-10H2,1-3H3/t13-/m1/s1. The molecule has 1 aliphatic rings. The summed E-state index contributed by atoms with van der Waals surface area (Å²) in [5, 5.41) is 0. The summed E-state index contributed by atoms with van der Waals surface area (Å²) in [6, 6.07) is 2.95. The minimum absolute atomic E-state index is 0.0898. The highest BCUT2D eigenvalue weighted by Crippen LogP contribution is 2.21. The lowest BCUT2D eigenvalue weighted by Crippen LogP contribution is -2.57. The Bertz CT molecular complexity index is 817. The van der Waals surface area contributed by atoms with Crippen LogP contribution in [0.25, 0.3) is 5.65 Å². The SMILES string of the molecule is CCCC[C@@H]1C(=O)N(C)CCN1C(=O)c1nc2ccc(C)cn2c1F. The molecule has 0 bridgehead atoms. The maximum absolute atomic E-state index is 14.7. The number of amides is 2. The molecule has 0 aliphatic carbocycles. The molecule has 3 heterocycles. The Morgan fingerprint density at radius 3 is 2.84 bits per heavy atom. The Kier molecular flexibility index (Phi) is 4.74. The zero-order valence-corrected chi connectivity index (χ0v) is 14.8. The minimum Gasteiger partial charge on any atom is -0.342 e. The number of carbonyl (C=O) groups excluding carboxylic acids is 2. The molecule has 2 amide bonds. The lowest BCUT2D eigenvalue weighted by molar-refractivity contribution is -0.138. The summed E-state index contributed by atoms with van der Waals surface area (Å²) in [6.07, 6.45) is 3.95. The number of halogens is 1. The van der Waals surface area contributed by atoms with Gasteiger partial charge in [-0.25, -0.2) is 4.98 Å². The lowest BCUT2D eigenvalue weighted by Gasteiger charge is -2.38. The van der Waals surface area contributed by atoms with Gasteiger partial charge in [-0.1, -0.05) is 25.8 Å². The molecular formula is C18H23FN4O2. The third kappa shape index (κ3) is 3.10. The van der Waals surface area contributed by atoms with Crippen LogP contribution in [0, 0.1) is 12.9 Å². The fraction of sp³-hybridized carbons (Fsp3) is 0.500. The van der Waals surface area contributed by atoms with E-state index >= 15 is 0 Å². The van der Waals surface area contributed by atoms with Crippen LogP contribution in [0.4, 0.5) is 4.39 Å². The number of hydrogen-bond donors (Lipinski definition) is 0. The summed E-state index contributed by atoms with van der Waals surface area (Å²) in [5.74, 6) is -1.28. The fourth-order valence-electron chi connectivity index (χ4n) is 3.23. The molecule has 1 saturated heterocycles. The number of nitrogens with zero attached hydrogens (tertiary/aromatic N) is 4. The third-order valence-corrected chi connectivity index (χ3v) is 4.72. The van der Waals surface area contributed by atoms with Crippen LogP contribution < -0.4 is 0 Å². The van der Waals surface area contributed by atoms with Crippen molar-refractivity contribution in [2.24, 2.45) is 0 Å². The maximum Gasteiger partial charge on any atom is 0.278 e. The first-order valence-corrected chi connectivity index (χ1v) is 8.64. The van der Waals surface area contributed by atoms with Gasteiger partial charge in [-0.3, -0.25) is 14.0 Å². The number of aryl methyl sites for hydroxylation is 1. The number of pyridine rings is 1. The third-order valence-electron chi connectivity index (χ3n) is 4.72. The second kappa shape index (κ2) is 6.82. The number of likely N-dealkylation sites (N-methyl/N-ethyl adjacent to an activating group) is 1. The van der Waals surface area contributed by atoms with Crippen LogP contribution in [0.3, 0.4) is 0 Å². The van der Waals surface area contributed by atoms with Crippen molar-refractivity contribution in [1.82, 2.24) is 19.2 Å². The summed E-state index contributed by atoms with van der Waals surface area (Å²) < 4.78 is 16.0. The molecule has 0 unspecified atom stereocenters. The Morgan fingerprint density at radius 2 is 2.12 bits per heavy atom. The first-order chi connectivity index (χ1) is 11.9. The second-order valence-electron chi connectivity index (χ2n) is 6.60. The van der Waals surface area contributed by atoms with Gasteiger partial charge in [-0.2, -0.15) is 4.39 Å². The average molecular weight is 346 g/mol. The summed E-state index contributed by atoms with van der Waals surface area (Å²) in [5.41, 5.74) is 1.04. The van der Waals surface area contributed by atoms with Crippen LogP contribution in [0.2, 0.25) is 0 Å². The molecule has 1 atom stereocenters. The van der Waals surface area contributed by atoms with E-state index < -0.39 is 17.9 Å². The van der Waals surface area contributed by atoms with E-state index in [0.717, 1.165) is 18.4 Å². The van der Waals surface area contributed by atoms with E-state index in [1.165, 1.54) is 9.30 Å². The van der Waals surface area contributed by atoms with Gasteiger partial charge in [0.25, 0.3) is 5.91 Å². The average Bonchev–Trinajstić information content (AvgIpc) is 2.92. The van der Waals surface area contributed by atoms with Gasteiger partial charge in [-0.05, 0) is 25.0 Å². The highest BCUT2D eigenvalue weighted by Gasteiger charge is 2.37. The molecular weight excluding hydrogens is 323 g/mol. The number of fused-ring (bicyclic) bond motifs is 1. The Morgan fingerprint density at radius 1 is 1.36 bits per heavy atom. The van der Waals surface area contributed by atoms with Crippen molar-refractivity contribution in [3.63, 3.8) is 0 Å². The van der Waals surface area contributed by atoms with Gasteiger partial charge in [0.05, 0.1) is 0 Å². The first-order valence-electron chi connectivity index (χ1n) is 8.64. The van der Waals surface area contributed by atoms with Gasteiger partial charge in [0, 0.05) is 26.3 Å². The quantitative estimate of drug-likeness (QED) is 0.853. The number of unbranched alkanes of at least 4 members (excludes halogenated alkanes) is 1. The Labute approximate surface area is 146 Å². The predicted octanol–water partition coefficient (Wildman–Crippen LogP) is 2.25. The number of aromatic nitrogens is 2. The van der Waals surface area contributed by atoms with Crippen LogP contribution in [-0.2, 0) is 4.79 Å². The molecule has 0 spiro atoms. The Balaban J connectivity index is 1.95. The van der Waals surface area contributed by atoms with E-state index in [4.69, 9.17) is 0 Å². The zero-order valence-electron chi connectivity index (χ0n) is 14.8. The van der Waals surface area contributed by atoms with E-state index in [-0.39, 0.29) is 11.6 Å². The molecule has 134 valence electrons. The van der Waals surface area contributed by atoms with Gasteiger partial charge in [0.2, 0.25) is 11.9 Å². The summed E-state index contributed by atoms with van der Waals surface area (Å²) in [7, 11) is 1.73. The Hall–Kier alpha value is -2.44. The molecule has 0 radical (unpaired) electrons. The molecule has 7 heteroatoms. The van der Waals surface area contributed by atoms with Crippen molar-refractivity contribution in [3.05, 3.63) is 35.5 Å². The van der Waals surface area contributed by atoms with Gasteiger partial charge in [-0.15, -0.1) is 0 Å². The molecule has 2 aromatic rings. The summed E-state index contributed by atoms with van der Waals surface area (Å²) >= 11 is 0. The van der Waals surface area contributed by atoms with Crippen LogP contribution in [0.15, 0.2) is 18.3 Å². The first kappa shape index (κ1) is 17.4. The van der Waals surface area contributed by atoms with Crippen LogP contribution in [0.5, 0.6) is 0 Å². The van der Waals surface area contributed by atoms with Crippen molar-refractivity contribution in [2.75, 3.05) is 20.1 Å². The smallest absolute Gasteiger partial charge is 0.278 e. The van der Waals surface area contributed by atoms with E-state index in [2.05, 4.69) is 4.98 Å². The number of piperazine rings is 1.